The largest absolute Gasteiger partial charge is 0.302 e. The van der Waals surface area contributed by atoms with Crippen LogP contribution in [0.4, 0.5) is 11.4 Å². The van der Waals surface area contributed by atoms with Crippen molar-refractivity contribution < 1.29 is 4.79 Å². The molecule has 0 aliphatic carbocycles. The summed E-state index contributed by atoms with van der Waals surface area (Å²) in [5, 5.41) is 9.41. The first kappa shape index (κ1) is 19.8. The molecule has 3 heterocycles. The molecular formula is C23H19N5OS2. The Bertz CT molecular complexity index is 1200. The molecule has 1 aliphatic heterocycles. The number of hydrogen-bond acceptors (Lipinski definition) is 6. The number of amides is 1. The number of hydrogen-bond donors (Lipinski definition) is 0. The monoisotopic (exact) mass is 445 g/mol. The summed E-state index contributed by atoms with van der Waals surface area (Å²) in [6.07, 6.45) is 3.51. The zero-order chi connectivity index (χ0) is 21.2. The Kier molecular flexibility index (Phi) is 5.48. The van der Waals surface area contributed by atoms with Gasteiger partial charge in [-0.2, -0.15) is 0 Å². The summed E-state index contributed by atoms with van der Waals surface area (Å²) >= 11 is 3.10. The lowest BCUT2D eigenvalue weighted by Gasteiger charge is -2.30. The average Bonchev–Trinajstić information content (AvgIpc) is 3.24. The van der Waals surface area contributed by atoms with Crippen LogP contribution in [0.25, 0.3) is 11.4 Å². The molecule has 0 fully saturated rings. The van der Waals surface area contributed by atoms with Gasteiger partial charge >= 0.3 is 0 Å². The molecule has 0 bridgehead atoms. The highest BCUT2D eigenvalue weighted by Gasteiger charge is 2.28. The number of rotatable bonds is 5. The van der Waals surface area contributed by atoms with Gasteiger partial charge in [0.15, 0.2) is 11.0 Å². The molecule has 31 heavy (non-hydrogen) atoms. The average molecular weight is 446 g/mol. The van der Waals surface area contributed by atoms with Crippen molar-refractivity contribution in [1.82, 2.24) is 19.7 Å². The van der Waals surface area contributed by atoms with Crippen molar-refractivity contribution in [1.29, 1.82) is 0 Å². The molecule has 1 aliphatic rings. The number of thioether (sulfide) groups is 1. The second kappa shape index (κ2) is 8.56. The molecule has 0 saturated carbocycles. The molecule has 2 aromatic carbocycles. The summed E-state index contributed by atoms with van der Waals surface area (Å²) in [6.45, 7) is 2.75. The molecule has 0 unspecified atom stereocenters. The van der Waals surface area contributed by atoms with E-state index >= 15 is 0 Å². The van der Waals surface area contributed by atoms with Crippen molar-refractivity contribution in [3.63, 3.8) is 0 Å². The number of pyridine rings is 1. The Morgan fingerprint density at radius 3 is 2.32 bits per heavy atom. The minimum atomic E-state index is 0.0128. The van der Waals surface area contributed by atoms with Crippen LogP contribution in [-0.4, -0.2) is 31.4 Å². The van der Waals surface area contributed by atoms with Gasteiger partial charge in [-0.25, -0.2) is 0 Å². The highest BCUT2D eigenvalue weighted by molar-refractivity contribution is 8.00. The van der Waals surface area contributed by atoms with Gasteiger partial charge in [0.1, 0.15) is 0 Å². The van der Waals surface area contributed by atoms with Gasteiger partial charge in [0.05, 0.1) is 17.1 Å². The molecule has 0 radical (unpaired) electrons. The summed E-state index contributed by atoms with van der Waals surface area (Å²) in [6, 6.07) is 19.9. The lowest BCUT2D eigenvalue weighted by Crippen LogP contribution is -2.30. The maximum atomic E-state index is 13.4. The fraction of sp³-hybridized carbons (Fsp3) is 0.130. The van der Waals surface area contributed by atoms with Crippen LogP contribution in [-0.2, 0) is 11.3 Å². The molecule has 0 spiro atoms. The molecular weight excluding hydrogens is 426 g/mol. The summed E-state index contributed by atoms with van der Waals surface area (Å²) in [5.41, 5.74) is 2.75. The van der Waals surface area contributed by atoms with Gasteiger partial charge in [0.25, 0.3) is 0 Å². The minimum absolute atomic E-state index is 0.0128. The quantitative estimate of drug-likeness (QED) is 0.389. The smallest absolute Gasteiger partial charge is 0.242 e. The number of carbonyl (C=O) groups excluding carboxylic acids is 1. The SMILES string of the molecule is CCn1c(SCC(=O)N2c3ccccc3Sc3ccccc32)nnc1-c1cccnc1. The highest BCUT2D eigenvalue weighted by atomic mass is 32.2. The van der Waals surface area contributed by atoms with Crippen molar-refractivity contribution in [2.24, 2.45) is 0 Å². The van der Waals surface area contributed by atoms with Gasteiger partial charge in [0, 0.05) is 34.3 Å². The summed E-state index contributed by atoms with van der Waals surface area (Å²) in [5.74, 6) is 1.03. The minimum Gasteiger partial charge on any atom is -0.302 e. The third-order valence-corrected chi connectivity index (χ3v) is 7.04. The lowest BCUT2D eigenvalue weighted by molar-refractivity contribution is -0.115. The number of fused-ring (bicyclic) bond motifs is 2. The van der Waals surface area contributed by atoms with Crippen LogP contribution < -0.4 is 4.90 Å². The second-order valence-electron chi connectivity index (χ2n) is 6.85. The second-order valence-corrected chi connectivity index (χ2v) is 8.87. The molecule has 4 aromatic rings. The van der Waals surface area contributed by atoms with Gasteiger partial charge in [-0.1, -0.05) is 47.8 Å². The van der Waals surface area contributed by atoms with E-state index < -0.39 is 0 Å². The van der Waals surface area contributed by atoms with Crippen molar-refractivity contribution in [2.45, 2.75) is 28.4 Å². The zero-order valence-electron chi connectivity index (χ0n) is 16.8. The van der Waals surface area contributed by atoms with E-state index in [-0.39, 0.29) is 11.7 Å². The van der Waals surface area contributed by atoms with E-state index in [9.17, 15) is 4.79 Å². The number of para-hydroxylation sites is 2. The Balaban J connectivity index is 1.42. The standard InChI is InChI=1S/C23H19N5OS2/c1-2-27-22(16-8-7-13-24-14-16)25-26-23(27)30-15-21(29)28-17-9-3-5-11-19(17)31-20-12-6-4-10-18(20)28/h3-14H,2,15H2,1H3. The summed E-state index contributed by atoms with van der Waals surface area (Å²) in [4.78, 5) is 21.6. The molecule has 1 amide bonds. The molecule has 0 N–H and O–H groups in total. The molecule has 0 saturated heterocycles. The zero-order valence-corrected chi connectivity index (χ0v) is 18.4. The number of nitrogens with zero attached hydrogens (tertiary/aromatic N) is 5. The number of aromatic nitrogens is 4. The molecule has 6 nitrogen and oxygen atoms in total. The van der Waals surface area contributed by atoms with Crippen LogP contribution in [0.2, 0.25) is 0 Å². The third-order valence-electron chi connectivity index (χ3n) is 4.96. The Morgan fingerprint density at radius 1 is 0.968 bits per heavy atom. The van der Waals surface area contributed by atoms with Crippen molar-refractivity contribution in [2.75, 3.05) is 10.7 Å². The van der Waals surface area contributed by atoms with E-state index in [1.54, 1.807) is 24.2 Å². The highest BCUT2D eigenvalue weighted by Crippen LogP contribution is 2.48. The van der Waals surface area contributed by atoms with E-state index in [0.29, 0.717) is 6.54 Å². The van der Waals surface area contributed by atoms with Crippen molar-refractivity contribution in [3.8, 4) is 11.4 Å². The number of anilines is 2. The van der Waals surface area contributed by atoms with Crippen LogP contribution in [0.3, 0.4) is 0 Å². The van der Waals surface area contributed by atoms with Gasteiger partial charge < -0.3 is 4.57 Å². The first-order chi connectivity index (χ1) is 15.3. The van der Waals surface area contributed by atoms with E-state index in [4.69, 9.17) is 0 Å². The molecule has 154 valence electrons. The first-order valence-corrected chi connectivity index (χ1v) is 11.7. The first-order valence-electron chi connectivity index (χ1n) is 9.91. The van der Waals surface area contributed by atoms with E-state index in [0.717, 1.165) is 37.7 Å². The topological polar surface area (TPSA) is 63.9 Å². The van der Waals surface area contributed by atoms with Crippen LogP contribution in [0.1, 0.15) is 6.92 Å². The van der Waals surface area contributed by atoms with Gasteiger partial charge in [-0.05, 0) is 43.3 Å². The van der Waals surface area contributed by atoms with Crippen LogP contribution in [0.15, 0.2) is 88.0 Å². The van der Waals surface area contributed by atoms with E-state index in [1.165, 1.54) is 11.8 Å². The fourth-order valence-electron chi connectivity index (χ4n) is 3.55. The Labute approximate surface area is 188 Å². The molecule has 5 rings (SSSR count). The van der Waals surface area contributed by atoms with Crippen LogP contribution in [0, 0.1) is 0 Å². The maximum Gasteiger partial charge on any atom is 0.242 e. The molecule has 0 atom stereocenters. The number of benzene rings is 2. The normalized spacial score (nSPS) is 12.4. The Morgan fingerprint density at radius 2 is 1.68 bits per heavy atom. The third kappa shape index (κ3) is 3.73. The lowest BCUT2D eigenvalue weighted by atomic mass is 10.2. The Hall–Kier alpha value is -3.10. The van der Waals surface area contributed by atoms with E-state index in [1.807, 2.05) is 64.9 Å². The molecule has 8 heteroatoms. The maximum absolute atomic E-state index is 13.4. The van der Waals surface area contributed by atoms with Gasteiger partial charge in [-0.15, -0.1) is 10.2 Å². The fourth-order valence-corrected chi connectivity index (χ4v) is 5.46. The predicted octanol–water partition coefficient (Wildman–Crippen LogP) is 5.28. The predicted molar refractivity (Wildman–Crippen MR) is 124 cm³/mol. The van der Waals surface area contributed by atoms with Crippen molar-refractivity contribution in [3.05, 3.63) is 73.1 Å². The van der Waals surface area contributed by atoms with Crippen LogP contribution in [0.5, 0.6) is 0 Å². The number of carbonyl (C=O) groups is 1. The van der Waals surface area contributed by atoms with Gasteiger partial charge in [0.2, 0.25) is 5.91 Å². The summed E-state index contributed by atoms with van der Waals surface area (Å²) in [7, 11) is 0. The van der Waals surface area contributed by atoms with E-state index in [2.05, 4.69) is 27.3 Å². The molecule has 2 aromatic heterocycles. The van der Waals surface area contributed by atoms with Gasteiger partial charge in [-0.3, -0.25) is 14.7 Å². The van der Waals surface area contributed by atoms with Crippen molar-refractivity contribution >= 4 is 40.8 Å². The summed E-state index contributed by atoms with van der Waals surface area (Å²) < 4.78 is 2.02. The van der Waals surface area contributed by atoms with Crippen LogP contribution >= 0.6 is 23.5 Å².